The lowest BCUT2D eigenvalue weighted by atomic mass is 9.92. The van der Waals surface area contributed by atoms with Crippen LogP contribution in [0, 0.1) is 23.7 Å². The van der Waals surface area contributed by atoms with E-state index in [1.807, 2.05) is 49.8 Å². The van der Waals surface area contributed by atoms with Crippen LogP contribution in [-0.2, 0) is 30.4 Å². The molecule has 16 heteroatoms. The highest BCUT2D eigenvalue weighted by Crippen LogP contribution is 2.44. The maximum Gasteiger partial charge on any atom is 0.407 e. The van der Waals surface area contributed by atoms with Gasteiger partial charge in [-0.1, -0.05) is 59.2 Å². The normalized spacial score (nSPS) is 20.8. The van der Waals surface area contributed by atoms with Crippen LogP contribution < -0.4 is 15.4 Å². The number of hydrogen-bond donors (Lipinski definition) is 4. The third kappa shape index (κ3) is 8.40. The van der Waals surface area contributed by atoms with E-state index in [1.54, 1.807) is 7.11 Å². The number of rotatable bonds is 12. The maximum atomic E-state index is 14.1. The predicted octanol–water partition coefficient (Wildman–Crippen LogP) is 7.26. The topological polar surface area (TPSA) is 193 Å². The summed E-state index contributed by atoms with van der Waals surface area (Å²) in [6, 6.07) is 12.5. The number of aromatic nitrogens is 4. The van der Waals surface area contributed by atoms with Crippen LogP contribution in [0.4, 0.5) is 9.59 Å². The highest BCUT2D eigenvalue weighted by atomic mass is 16.5. The number of nitrogens with one attached hydrogen (secondary N) is 4. The van der Waals surface area contributed by atoms with E-state index >= 15 is 0 Å². The molecule has 334 valence electrons. The molecule has 0 aliphatic carbocycles. The van der Waals surface area contributed by atoms with Crippen LogP contribution in [0.15, 0.2) is 48.7 Å². The number of alkyl carbamates (subject to hydrolysis) is 2. The van der Waals surface area contributed by atoms with E-state index in [4.69, 9.17) is 28.9 Å². The second-order valence-corrected chi connectivity index (χ2v) is 17.8. The van der Waals surface area contributed by atoms with E-state index in [9.17, 15) is 19.2 Å². The minimum Gasteiger partial charge on any atom is -0.488 e. The first-order chi connectivity index (χ1) is 30.3. The van der Waals surface area contributed by atoms with Crippen molar-refractivity contribution >= 4 is 45.8 Å². The lowest BCUT2D eigenvalue weighted by Gasteiger charge is -2.30. The molecule has 16 nitrogen and oxygen atoms in total. The van der Waals surface area contributed by atoms with Crippen molar-refractivity contribution in [2.75, 3.05) is 41.0 Å². The Balaban J connectivity index is 1.05. The lowest BCUT2D eigenvalue weighted by molar-refractivity contribution is -0.136. The summed E-state index contributed by atoms with van der Waals surface area (Å²) in [6.45, 7) is 11.8. The highest BCUT2D eigenvalue weighted by molar-refractivity contribution is 6.07. The van der Waals surface area contributed by atoms with Crippen molar-refractivity contribution < 1.29 is 38.1 Å². The summed E-state index contributed by atoms with van der Waals surface area (Å²) >= 11 is 0. The summed E-state index contributed by atoms with van der Waals surface area (Å²) in [7, 11) is 4.25. The summed E-state index contributed by atoms with van der Waals surface area (Å²) in [5.41, 5.74) is 6.51. The molecule has 0 saturated carbocycles. The lowest BCUT2D eigenvalue weighted by Crippen LogP contribution is -2.51. The molecule has 3 aromatic carbocycles. The molecule has 3 aliphatic rings. The van der Waals surface area contributed by atoms with Crippen molar-refractivity contribution in [2.24, 2.45) is 23.7 Å². The molecule has 8 rings (SSSR count). The Kier molecular flexibility index (Phi) is 12.4. The van der Waals surface area contributed by atoms with Crippen LogP contribution in [0.25, 0.3) is 44.2 Å². The van der Waals surface area contributed by atoms with E-state index in [1.165, 1.54) is 14.2 Å². The number of hydrogen-bond acceptors (Lipinski definition) is 10. The molecular weight excluding hydrogens is 805 g/mol. The molecule has 63 heavy (non-hydrogen) atoms. The number of H-pyrrole nitrogens is 2. The monoisotopic (exact) mass is 862 g/mol. The van der Waals surface area contributed by atoms with E-state index in [0.29, 0.717) is 44.4 Å². The Morgan fingerprint density at radius 2 is 1.57 bits per heavy atom. The van der Waals surface area contributed by atoms with Gasteiger partial charge in [-0.15, -0.1) is 0 Å². The number of methoxy groups -OCH3 is 3. The average molecular weight is 863 g/mol. The van der Waals surface area contributed by atoms with E-state index < -0.39 is 24.3 Å². The van der Waals surface area contributed by atoms with Crippen molar-refractivity contribution in [3.05, 3.63) is 65.9 Å². The number of carbonyl (C=O) groups is 4. The molecule has 3 aliphatic heterocycles. The Hall–Kier alpha value is -6.16. The first kappa shape index (κ1) is 43.5. The van der Waals surface area contributed by atoms with Crippen LogP contribution in [-0.4, -0.2) is 107 Å². The van der Waals surface area contributed by atoms with Crippen LogP contribution in [0.2, 0.25) is 0 Å². The molecule has 2 saturated heterocycles. The molecule has 7 atom stereocenters. The SMILES string of the molecule is CC[C@H](C)C(NC(=O)OC)C(=O)N1C[C@@H](C)C[C@H]1c1ncc(-c2ccc3c(c2)COc2cc4c(ccc5[nH]c([C@@H]6CC(COC)CN6C(=O)[C@@H](NC(=O)OC)C(C)C)nc54)cc2-3)[nH]1. The Morgan fingerprint density at radius 1 is 0.857 bits per heavy atom. The number of likely N-dealkylation sites (tertiary alicyclic amines) is 2. The standard InChI is InChI=1S/C47H58N8O8/c1-9-26(5)40(53-47(59)62-8)45(57)54-20-25(4)14-36(54)42-48-19-35(50-42)29-10-12-31-30(16-29)23-63-38-18-32-28(17-33(31)38)11-13-34-41(32)51-43(49-34)37-15-27(22-60-6)21-55(37)44(56)39(24(2)3)52-46(58)61-7/h10-13,16-19,24-27,36-37,39-40H,9,14-15,20-23H2,1-8H3,(H,48,50)(H,49,51)(H,52,58)(H,53,59)/t25-,26-,27?,36-,37-,39-,40?/m0/s1. The van der Waals surface area contributed by atoms with Crippen LogP contribution in [0.5, 0.6) is 5.75 Å². The van der Waals surface area contributed by atoms with Crippen molar-refractivity contribution in [3.63, 3.8) is 0 Å². The molecule has 0 spiro atoms. The zero-order chi connectivity index (χ0) is 44.7. The second-order valence-electron chi connectivity index (χ2n) is 17.8. The molecule has 2 aromatic heterocycles. The van der Waals surface area contributed by atoms with Crippen LogP contribution in [0.1, 0.15) is 83.2 Å². The molecular formula is C47H58N8O8. The molecule has 2 fully saturated rings. The van der Waals surface area contributed by atoms with Gasteiger partial charge in [0.15, 0.2) is 0 Å². The van der Waals surface area contributed by atoms with Gasteiger partial charge in [0, 0.05) is 37.1 Å². The summed E-state index contributed by atoms with van der Waals surface area (Å²) in [5, 5.41) is 7.43. The van der Waals surface area contributed by atoms with Gasteiger partial charge < -0.3 is 49.3 Å². The predicted molar refractivity (Wildman–Crippen MR) is 237 cm³/mol. The molecule has 4 amide bonds. The van der Waals surface area contributed by atoms with Crippen molar-refractivity contribution in [1.29, 1.82) is 0 Å². The fourth-order valence-corrected chi connectivity index (χ4v) is 9.54. The zero-order valence-electron chi connectivity index (χ0n) is 37.2. The Bertz CT molecular complexity index is 2530. The third-order valence-electron chi connectivity index (χ3n) is 13.1. The molecule has 4 N–H and O–H groups in total. The summed E-state index contributed by atoms with van der Waals surface area (Å²) < 4.78 is 21.6. The summed E-state index contributed by atoms with van der Waals surface area (Å²) in [4.78, 5) is 73.1. The van der Waals surface area contributed by atoms with Crippen LogP contribution in [0.3, 0.4) is 0 Å². The van der Waals surface area contributed by atoms with Crippen molar-refractivity contribution in [1.82, 2.24) is 40.4 Å². The van der Waals surface area contributed by atoms with E-state index in [-0.39, 0.29) is 47.6 Å². The fourth-order valence-electron chi connectivity index (χ4n) is 9.54. The van der Waals surface area contributed by atoms with Gasteiger partial charge in [0.05, 0.1) is 55.8 Å². The number of ether oxygens (including phenoxy) is 4. The summed E-state index contributed by atoms with van der Waals surface area (Å²) in [5.74, 6) is 1.93. The number of fused-ring (bicyclic) bond motifs is 6. The molecule has 5 aromatic rings. The maximum absolute atomic E-state index is 14.1. The number of amides is 4. The number of aromatic amines is 2. The van der Waals surface area contributed by atoms with Gasteiger partial charge in [-0.05, 0) is 76.9 Å². The minimum absolute atomic E-state index is 0.0791. The van der Waals surface area contributed by atoms with E-state index in [2.05, 4.69) is 63.9 Å². The molecule has 2 unspecified atom stereocenters. The number of benzene rings is 3. The van der Waals surface area contributed by atoms with Gasteiger partial charge in [0.2, 0.25) is 11.8 Å². The Labute approximate surface area is 366 Å². The minimum atomic E-state index is -0.762. The first-order valence-electron chi connectivity index (χ1n) is 21.9. The third-order valence-corrected chi connectivity index (χ3v) is 13.1. The van der Waals surface area contributed by atoms with Gasteiger partial charge in [-0.2, -0.15) is 0 Å². The van der Waals surface area contributed by atoms with Crippen molar-refractivity contribution in [3.8, 4) is 28.1 Å². The second kappa shape index (κ2) is 17.9. The number of carbonyl (C=O) groups excluding carboxylic acids is 4. The van der Waals surface area contributed by atoms with Gasteiger partial charge in [0.1, 0.15) is 36.1 Å². The fraction of sp³-hybridized carbons (Fsp3) is 0.489. The van der Waals surface area contributed by atoms with E-state index in [0.717, 1.165) is 68.3 Å². The van der Waals surface area contributed by atoms with Crippen LogP contribution >= 0.6 is 0 Å². The molecule has 0 bridgehead atoms. The molecule has 0 radical (unpaired) electrons. The number of imidazole rings is 2. The molecule has 5 heterocycles. The largest absolute Gasteiger partial charge is 0.488 e. The smallest absolute Gasteiger partial charge is 0.407 e. The van der Waals surface area contributed by atoms with Gasteiger partial charge in [-0.3, -0.25) is 9.59 Å². The van der Waals surface area contributed by atoms with Crippen molar-refractivity contribution in [2.45, 2.75) is 84.7 Å². The Morgan fingerprint density at radius 3 is 2.29 bits per heavy atom. The van der Waals surface area contributed by atoms with Gasteiger partial charge in [0.25, 0.3) is 0 Å². The summed E-state index contributed by atoms with van der Waals surface area (Å²) in [6.07, 6.45) is 2.67. The quantitative estimate of drug-likeness (QED) is 0.0992. The zero-order valence-corrected chi connectivity index (χ0v) is 37.2. The average Bonchev–Trinajstić information content (AvgIpc) is 4.11. The number of nitrogens with zero attached hydrogens (tertiary/aromatic N) is 4. The van der Waals surface area contributed by atoms with Gasteiger partial charge in [-0.25, -0.2) is 19.6 Å². The van der Waals surface area contributed by atoms with Gasteiger partial charge >= 0.3 is 12.2 Å². The highest BCUT2D eigenvalue weighted by Gasteiger charge is 2.43. The first-order valence-corrected chi connectivity index (χ1v) is 21.9.